The summed E-state index contributed by atoms with van der Waals surface area (Å²) in [7, 11) is 0. The summed E-state index contributed by atoms with van der Waals surface area (Å²) in [4.78, 5) is 38.8. The van der Waals surface area contributed by atoms with Gasteiger partial charge in [0.25, 0.3) is 5.91 Å². The molecule has 0 saturated carbocycles. The Balaban J connectivity index is 1.60. The van der Waals surface area contributed by atoms with Crippen LogP contribution in [0.1, 0.15) is 55.5 Å². The summed E-state index contributed by atoms with van der Waals surface area (Å²) in [6.07, 6.45) is 0.690. The van der Waals surface area contributed by atoms with Crippen LogP contribution < -0.4 is 10.6 Å². The van der Waals surface area contributed by atoms with E-state index < -0.39 is 17.5 Å². The van der Waals surface area contributed by atoms with Gasteiger partial charge in [-0.3, -0.25) is 14.5 Å². The molecule has 0 radical (unpaired) electrons. The zero-order valence-electron chi connectivity index (χ0n) is 19.8. The second kappa shape index (κ2) is 8.77. The molecule has 1 aliphatic rings. The third kappa shape index (κ3) is 4.69. The van der Waals surface area contributed by atoms with E-state index in [1.165, 1.54) is 22.3 Å². The Morgan fingerprint density at radius 3 is 2.22 bits per heavy atom. The predicted octanol–water partition coefficient (Wildman–Crippen LogP) is 3.73. The van der Waals surface area contributed by atoms with E-state index >= 15 is 0 Å². The van der Waals surface area contributed by atoms with Crippen LogP contribution >= 0.6 is 0 Å². The first-order valence-electron chi connectivity index (χ1n) is 11.0. The van der Waals surface area contributed by atoms with Crippen molar-refractivity contribution in [2.75, 3.05) is 13.1 Å². The van der Waals surface area contributed by atoms with Crippen LogP contribution in [-0.4, -0.2) is 35.8 Å². The molecule has 0 bridgehead atoms. The summed E-state index contributed by atoms with van der Waals surface area (Å²) in [6, 6.07) is 12.9. The molecule has 4 amide bonds. The Morgan fingerprint density at radius 2 is 1.66 bits per heavy atom. The molecule has 170 valence electrons. The fourth-order valence-corrected chi connectivity index (χ4v) is 4.15. The van der Waals surface area contributed by atoms with Crippen LogP contribution in [-0.2, 0) is 27.0 Å². The minimum atomic E-state index is -1.17. The molecule has 6 heteroatoms. The largest absolute Gasteiger partial charge is 0.354 e. The van der Waals surface area contributed by atoms with E-state index in [0.717, 1.165) is 4.90 Å². The molecule has 32 heavy (non-hydrogen) atoms. The molecule has 1 heterocycles. The highest BCUT2D eigenvalue weighted by molar-refractivity contribution is 6.09. The average Bonchev–Trinajstić information content (AvgIpc) is 2.94. The predicted molar refractivity (Wildman–Crippen MR) is 125 cm³/mol. The lowest BCUT2D eigenvalue weighted by atomic mass is 9.83. The molecule has 2 N–H and O–H groups in total. The van der Waals surface area contributed by atoms with E-state index in [1.54, 1.807) is 19.1 Å². The molecule has 0 spiro atoms. The van der Waals surface area contributed by atoms with Gasteiger partial charge >= 0.3 is 6.03 Å². The molecule has 0 aliphatic carbocycles. The third-order valence-corrected chi connectivity index (χ3v) is 6.19. The Hall–Kier alpha value is -3.15. The van der Waals surface area contributed by atoms with E-state index in [1.807, 2.05) is 18.2 Å². The van der Waals surface area contributed by atoms with E-state index in [4.69, 9.17) is 0 Å². The lowest BCUT2D eigenvalue weighted by Gasteiger charge is -2.22. The highest BCUT2D eigenvalue weighted by atomic mass is 16.2. The van der Waals surface area contributed by atoms with Crippen molar-refractivity contribution >= 4 is 17.8 Å². The van der Waals surface area contributed by atoms with Gasteiger partial charge in [0.05, 0.1) is 0 Å². The number of benzene rings is 2. The molecule has 2 aromatic rings. The number of hydrogen-bond donors (Lipinski definition) is 2. The molecule has 3 rings (SSSR count). The monoisotopic (exact) mass is 435 g/mol. The van der Waals surface area contributed by atoms with Crippen LogP contribution in [0.5, 0.6) is 0 Å². The maximum absolute atomic E-state index is 12.9. The molecule has 1 aliphatic heterocycles. The molecule has 1 saturated heterocycles. The Bertz CT molecular complexity index is 1020. The summed E-state index contributed by atoms with van der Waals surface area (Å²) >= 11 is 0. The minimum Gasteiger partial charge on any atom is -0.354 e. The standard InChI is InChI=1S/C26H33N3O3/c1-17-14-20(25(3,4)5)15-18(2)21(17)12-13-27-22(30)16-29-23(31)26(6,28-24(29)32)19-10-8-7-9-11-19/h7-11,14-15H,12-13,16H2,1-6H3,(H,27,30)(H,28,32). The Morgan fingerprint density at radius 1 is 1.06 bits per heavy atom. The first kappa shape index (κ1) is 23.5. The van der Waals surface area contributed by atoms with Crippen LogP contribution in [0.4, 0.5) is 4.79 Å². The van der Waals surface area contributed by atoms with Gasteiger partial charge in [0.1, 0.15) is 12.1 Å². The summed E-state index contributed by atoms with van der Waals surface area (Å²) in [5.74, 6) is -0.777. The van der Waals surface area contributed by atoms with Gasteiger partial charge in [0, 0.05) is 6.54 Å². The maximum atomic E-state index is 12.9. The lowest BCUT2D eigenvalue weighted by molar-refractivity contribution is -0.134. The fourth-order valence-electron chi connectivity index (χ4n) is 4.15. The van der Waals surface area contributed by atoms with Gasteiger partial charge in [-0.1, -0.05) is 63.2 Å². The molecule has 1 atom stereocenters. The molecular formula is C26H33N3O3. The van der Waals surface area contributed by atoms with Crippen molar-refractivity contribution in [1.29, 1.82) is 0 Å². The van der Waals surface area contributed by atoms with Crippen molar-refractivity contribution in [3.63, 3.8) is 0 Å². The molecular weight excluding hydrogens is 402 g/mol. The number of carbonyl (C=O) groups is 3. The molecule has 2 aromatic carbocycles. The maximum Gasteiger partial charge on any atom is 0.325 e. The van der Waals surface area contributed by atoms with Crippen LogP contribution in [0.3, 0.4) is 0 Å². The van der Waals surface area contributed by atoms with Gasteiger partial charge in [-0.05, 0) is 60.4 Å². The number of hydrogen-bond acceptors (Lipinski definition) is 3. The number of urea groups is 1. The topological polar surface area (TPSA) is 78.5 Å². The highest BCUT2D eigenvalue weighted by Gasteiger charge is 2.49. The second-order valence-corrected chi connectivity index (χ2v) is 9.75. The molecule has 0 aromatic heterocycles. The van der Waals surface area contributed by atoms with Gasteiger partial charge < -0.3 is 10.6 Å². The summed E-state index contributed by atoms with van der Waals surface area (Å²) in [5.41, 5.74) is 4.52. The van der Waals surface area contributed by atoms with E-state index in [0.29, 0.717) is 18.5 Å². The quantitative estimate of drug-likeness (QED) is 0.679. The van der Waals surface area contributed by atoms with Crippen molar-refractivity contribution in [2.24, 2.45) is 0 Å². The minimum absolute atomic E-state index is 0.0827. The van der Waals surface area contributed by atoms with Crippen LogP contribution in [0, 0.1) is 13.8 Å². The molecule has 1 fully saturated rings. The number of imide groups is 1. The number of amides is 4. The summed E-state index contributed by atoms with van der Waals surface area (Å²) in [6.45, 7) is 12.6. The van der Waals surface area contributed by atoms with E-state index in [2.05, 4.69) is 57.4 Å². The average molecular weight is 436 g/mol. The lowest BCUT2D eigenvalue weighted by Crippen LogP contribution is -2.43. The zero-order chi connectivity index (χ0) is 23.7. The van der Waals surface area contributed by atoms with Gasteiger partial charge in [-0.15, -0.1) is 0 Å². The highest BCUT2D eigenvalue weighted by Crippen LogP contribution is 2.29. The first-order chi connectivity index (χ1) is 14.9. The third-order valence-electron chi connectivity index (χ3n) is 6.19. The first-order valence-corrected chi connectivity index (χ1v) is 11.0. The Kier molecular flexibility index (Phi) is 6.44. The van der Waals surface area contributed by atoms with Crippen molar-refractivity contribution in [2.45, 2.75) is 58.9 Å². The van der Waals surface area contributed by atoms with E-state index in [-0.39, 0.29) is 17.9 Å². The van der Waals surface area contributed by atoms with Gasteiger partial charge in [-0.25, -0.2) is 4.79 Å². The summed E-state index contributed by atoms with van der Waals surface area (Å²) < 4.78 is 0. The second-order valence-electron chi connectivity index (χ2n) is 9.75. The van der Waals surface area contributed by atoms with Crippen molar-refractivity contribution in [1.82, 2.24) is 15.5 Å². The smallest absolute Gasteiger partial charge is 0.325 e. The van der Waals surface area contributed by atoms with Crippen LogP contribution in [0.15, 0.2) is 42.5 Å². The molecule has 1 unspecified atom stereocenters. The van der Waals surface area contributed by atoms with Gasteiger partial charge in [0.15, 0.2) is 0 Å². The number of rotatable bonds is 6. The van der Waals surface area contributed by atoms with Gasteiger partial charge in [-0.2, -0.15) is 0 Å². The van der Waals surface area contributed by atoms with E-state index in [9.17, 15) is 14.4 Å². The van der Waals surface area contributed by atoms with Crippen molar-refractivity contribution in [3.8, 4) is 0 Å². The SMILES string of the molecule is Cc1cc(C(C)(C)C)cc(C)c1CCNC(=O)CN1C(=O)NC(C)(c2ccccc2)C1=O. The number of carbonyl (C=O) groups excluding carboxylic acids is 3. The summed E-state index contributed by atoms with van der Waals surface area (Å²) in [5, 5.41) is 5.58. The van der Waals surface area contributed by atoms with Crippen molar-refractivity contribution in [3.05, 3.63) is 70.3 Å². The Labute approximate surface area is 190 Å². The van der Waals surface area contributed by atoms with Gasteiger partial charge in [0.2, 0.25) is 5.91 Å². The number of nitrogens with zero attached hydrogens (tertiary/aromatic N) is 1. The molecule has 6 nitrogen and oxygen atoms in total. The number of aryl methyl sites for hydroxylation is 2. The van der Waals surface area contributed by atoms with Crippen molar-refractivity contribution < 1.29 is 14.4 Å². The normalized spacial score (nSPS) is 18.6. The fraction of sp³-hybridized carbons (Fsp3) is 0.423. The zero-order valence-corrected chi connectivity index (χ0v) is 19.8. The van der Waals surface area contributed by atoms with Crippen LogP contribution in [0.25, 0.3) is 0 Å². The van der Waals surface area contributed by atoms with Crippen LogP contribution in [0.2, 0.25) is 0 Å². The number of nitrogens with one attached hydrogen (secondary N) is 2.